The van der Waals surface area contributed by atoms with E-state index >= 15 is 0 Å². The van der Waals surface area contributed by atoms with E-state index in [1.807, 2.05) is 30.3 Å². The van der Waals surface area contributed by atoms with Gasteiger partial charge in [0, 0.05) is 18.6 Å². The zero-order chi connectivity index (χ0) is 13.7. The Hall–Kier alpha value is -1.59. The number of likely N-dealkylation sites (tertiary alicyclic amines) is 1. The topological polar surface area (TPSA) is 60.8 Å². The molecule has 0 radical (unpaired) electrons. The molecular weight excluding hydrogens is 241 g/mol. The summed E-state index contributed by atoms with van der Waals surface area (Å²) in [5.74, 6) is -0.279. The van der Waals surface area contributed by atoms with Crippen molar-refractivity contribution in [3.8, 4) is 0 Å². The fourth-order valence-electron chi connectivity index (χ4n) is 2.26. The standard InChI is InChI=1S/C14H18BNO3/c17-14(16-9-5-2-6-10-16)13(15(18)19)11-12-7-3-1-4-8-12/h1,3-4,7-8,11,18-19H,2,5-6,9-10H2. The minimum Gasteiger partial charge on any atom is -0.423 e. The Morgan fingerprint density at radius 3 is 2.32 bits per heavy atom. The van der Waals surface area contributed by atoms with Crippen molar-refractivity contribution in [2.75, 3.05) is 13.1 Å². The molecule has 1 aliphatic rings. The summed E-state index contributed by atoms with van der Waals surface area (Å²) in [4.78, 5) is 14.0. The number of hydrogen-bond donors (Lipinski definition) is 2. The quantitative estimate of drug-likeness (QED) is 0.631. The lowest BCUT2D eigenvalue weighted by Crippen LogP contribution is -2.40. The van der Waals surface area contributed by atoms with Gasteiger partial charge in [0.25, 0.3) is 0 Å². The number of hydrogen-bond acceptors (Lipinski definition) is 3. The van der Waals surface area contributed by atoms with E-state index in [1.54, 1.807) is 11.0 Å². The number of rotatable bonds is 3. The largest absolute Gasteiger partial charge is 0.494 e. The first-order chi connectivity index (χ1) is 9.18. The van der Waals surface area contributed by atoms with E-state index in [2.05, 4.69) is 0 Å². The van der Waals surface area contributed by atoms with Crippen LogP contribution in [0.15, 0.2) is 35.8 Å². The molecule has 0 unspecified atom stereocenters. The average molecular weight is 259 g/mol. The van der Waals surface area contributed by atoms with Gasteiger partial charge in [0.15, 0.2) is 0 Å². The summed E-state index contributed by atoms with van der Waals surface area (Å²) in [5, 5.41) is 18.8. The number of nitrogens with zero attached hydrogens (tertiary/aromatic N) is 1. The second-order valence-electron chi connectivity index (χ2n) is 4.74. The third-order valence-corrected chi connectivity index (χ3v) is 3.29. The second kappa shape index (κ2) is 6.54. The van der Waals surface area contributed by atoms with E-state index in [0.717, 1.165) is 24.8 Å². The predicted molar refractivity (Wildman–Crippen MR) is 75.0 cm³/mol. The minimum absolute atomic E-state index is 0.0353. The van der Waals surface area contributed by atoms with Crippen LogP contribution >= 0.6 is 0 Å². The lowest BCUT2D eigenvalue weighted by atomic mass is 9.77. The van der Waals surface area contributed by atoms with Crippen molar-refractivity contribution in [3.05, 3.63) is 41.4 Å². The molecule has 1 aromatic rings. The molecule has 2 rings (SSSR count). The van der Waals surface area contributed by atoms with Gasteiger partial charge in [0.05, 0.1) is 0 Å². The molecule has 0 spiro atoms. The summed E-state index contributed by atoms with van der Waals surface area (Å²) in [6, 6.07) is 9.22. The van der Waals surface area contributed by atoms with E-state index in [0.29, 0.717) is 13.1 Å². The normalized spacial score (nSPS) is 16.3. The van der Waals surface area contributed by atoms with Gasteiger partial charge in [-0.1, -0.05) is 30.3 Å². The van der Waals surface area contributed by atoms with Crippen molar-refractivity contribution in [2.45, 2.75) is 19.3 Å². The lowest BCUT2D eigenvalue weighted by Gasteiger charge is -2.27. The highest BCUT2D eigenvalue weighted by atomic mass is 16.4. The van der Waals surface area contributed by atoms with Gasteiger partial charge in [-0.2, -0.15) is 0 Å². The monoisotopic (exact) mass is 259 g/mol. The molecule has 100 valence electrons. The van der Waals surface area contributed by atoms with Crippen LogP contribution < -0.4 is 0 Å². The van der Waals surface area contributed by atoms with Crippen molar-refractivity contribution in [1.29, 1.82) is 0 Å². The summed E-state index contributed by atoms with van der Waals surface area (Å²) >= 11 is 0. The Morgan fingerprint density at radius 1 is 1.11 bits per heavy atom. The van der Waals surface area contributed by atoms with E-state index in [1.165, 1.54) is 0 Å². The fourth-order valence-corrected chi connectivity index (χ4v) is 2.26. The number of carbonyl (C=O) groups excluding carboxylic acids is 1. The van der Waals surface area contributed by atoms with Crippen LogP contribution in [0.1, 0.15) is 24.8 Å². The second-order valence-corrected chi connectivity index (χ2v) is 4.74. The molecule has 0 atom stereocenters. The molecule has 1 heterocycles. The number of benzene rings is 1. The van der Waals surface area contributed by atoms with Gasteiger partial charge in [-0.15, -0.1) is 0 Å². The van der Waals surface area contributed by atoms with Crippen LogP contribution in [-0.2, 0) is 4.79 Å². The van der Waals surface area contributed by atoms with Crippen molar-refractivity contribution in [2.24, 2.45) is 0 Å². The fraction of sp³-hybridized carbons (Fsp3) is 0.357. The Labute approximate surface area is 113 Å². The Kier molecular flexibility index (Phi) is 4.77. The number of carbonyl (C=O) groups is 1. The van der Waals surface area contributed by atoms with Gasteiger partial charge < -0.3 is 14.9 Å². The molecule has 5 heteroatoms. The molecule has 1 aromatic carbocycles. The first-order valence-electron chi connectivity index (χ1n) is 6.60. The highest BCUT2D eigenvalue weighted by Crippen LogP contribution is 2.15. The molecular formula is C14H18BNO3. The van der Waals surface area contributed by atoms with Gasteiger partial charge in [-0.25, -0.2) is 0 Å². The van der Waals surface area contributed by atoms with Crippen LogP contribution in [-0.4, -0.2) is 41.1 Å². The molecule has 1 saturated heterocycles. The first kappa shape index (κ1) is 13.8. The van der Waals surface area contributed by atoms with Crippen LogP contribution in [0.25, 0.3) is 6.08 Å². The molecule has 0 bridgehead atoms. The average Bonchev–Trinajstić information content (AvgIpc) is 2.46. The summed E-state index contributed by atoms with van der Waals surface area (Å²) in [7, 11) is -1.74. The summed E-state index contributed by atoms with van der Waals surface area (Å²) in [6.07, 6.45) is 4.63. The molecule has 1 amide bonds. The zero-order valence-electron chi connectivity index (χ0n) is 10.8. The highest BCUT2D eigenvalue weighted by Gasteiger charge is 2.27. The zero-order valence-corrected chi connectivity index (χ0v) is 10.8. The maximum Gasteiger partial charge on any atom is 0.494 e. The van der Waals surface area contributed by atoms with Crippen LogP contribution in [0.5, 0.6) is 0 Å². The Bertz CT molecular complexity index is 453. The van der Waals surface area contributed by atoms with Crippen molar-refractivity contribution in [3.63, 3.8) is 0 Å². The molecule has 4 nitrogen and oxygen atoms in total. The van der Waals surface area contributed by atoms with E-state index in [9.17, 15) is 14.8 Å². The van der Waals surface area contributed by atoms with Crippen LogP contribution in [0.3, 0.4) is 0 Å². The summed E-state index contributed by atoms with van der Waals surface area (Å²) in [5.41, 5.74) is 0.823. The van der Waals surface area contributed by atoms with Gasteiger partial charge in [0.2, 0.25) is 5.91 Å². The van der Waals surface area contributed by atoms with Gasteiger partial charge in [-0.3, -0.25) is 4.79 Å². The molecule has 0 aliphatic carbocycles. The van der Waals surface area contributed by atoms with Crippen molar-refractivity contribution in [1.82, 2.24) is 4.90 Å². The smallest absolute Gasteiger partial charge is 0.423 e. The molecule has 0 aromatic heterocycles. The minimum atomic E-state index is -1.74. The van der Waals surface area contributed by atoms with Gasteiger partial charge in [-0.05, 0) is 30.9 Å². The Balaban J connectivity index is 2.20. The predicted octanol–water partition coefficient (Wildman–Crippen LogP) is 1.09. The van der Waals surface area contributed by atoms with Gasteiger partial charge in [0.1, 0.15) is 0 Å². The highest BCUT2D eigenvalue weighted by molar-refractivity contribution is 6.60. The van der Waals surface area contributed by atoms with E-state index in [4.69, 9.17) is 0 Å². The third-order valence-electron chi connectivity index (χ3n) is 3.29. The van der Waals surface area contributed by atoms with Crippen molar-refractivity contribution >= 4 is 19.1 Å². The first-order valence-corrected chi connectivity index (χ1v) is 6.60. The molecule has 19 heavy (non-hydrogen) atoms. The maximum atomic E-state index is 12.3. The molecule has 1 fully saturated rings. The van der Waals surface area contributed by atoms with Crippen LogP contribution in [0.4, 0.5) is 0 Å². The van der Waals surface area contributed by atoms with Crippen LogP contribution in [0.2, 0.25) is 0 Å². The molecule has 0 saturated carbocycles. The Morgan fingerprint density at radius 2 is 1.74 bits per heavy atom. The lowest BCUT2D eigenvalue weighted by molar-refractivity contribution is -0.127. The number of amides is 1. The van der Waals surface area contributed by atoms with E-state index < -0.39 is 7.12 Å². The summed E-state index contributed by atoms with van der Waals surface area (Å²) < 4.78 is 0. The van der Waals surface area contributed by atoms with Crippen LogP contribution in [0, 0.1) is 0 Å². The third kappa shape index (κ3) is 3.69. The summed E-state index contributed by atoms with van der Waals surface area (Å²) in [6.45, 7) is 1.38. The van der Waals surface area contributed by atoms with E-state index in [-0.39, 0.29) is 11.4 Å². The SMILES string of the molecule is O=C(C(=Cc1ccccc1)B(O)O)N1CCCCC1. The van der Waals surface area contributed by atoms with Crippen molar-refractivity contribution < 1.29 is 14.8 Å². The molecule has 1 aliphatic heterocycles. The maximum absolute atomic E-state index is 12.3. The molecule has 2 N–H and O–H groups in total. The number of piperidine rings is 1. The van der Waals surface area contributed by atoms with Gasteiger partial charge >= 0.3 is 7.12 Å².